The number of aryl methyl sites for hydroxylation is 1. The molecular formula is C18H19NO2S. The Morgan fingerprint density at radius 3 is 2.45 bits per heavy atom. The minimum atomic E-state index is -1.20. The van der Waals surface area contributed by atoms with E-state index in [9.17, 15) is 9.00 Å². The molecule has 0 heterocycles. The third kappa shape index (κ3) is 5.66. The van der Waals surface area contributed by atoms with Crippen molar-refractivity contribution in [2.24, 2.45) is 0 Å². The van der Waals surface area contributed by atoms with Crippen LogP contribution in [0.4, 0.5) is 5.69 Å². The van der Waals surface area contributed by atoms with E-state index in [1.165, 1.54) is 0 Å². The number of benzene rings is 2. The molecule has 0 saturated heterocycles. The molecule has 4 heteroatoms. The monoisotopic (exact) mass is 313 g/mol. The van der Waals surface area contributed by atoms with Gasteiger partial charge in [-0.2, -0.15) is 0 Å². The summed E-state index contributed by atoms with van der Waals surface area (Å²) in [5, 5.41) is 2.75. The van der Waals surface area contributed by atoms with Gasteiger partial charge in [0.1, 0.15) is 5.75 Å². The number of hydrogen-bond acceptors (Lipinski definition) is 2. The Bertz CT molecular complexity index is 663. The highest BCUT2D eigenvalue weighted by atomic mass is 32.2. The Labute approximate surface area is 133 Å². The molecular weight excluding hydrogens is 294 g/mol. The van der Waals surface area contributed by atoms with E-state index in [2.05, 4.69) is 5.32 Å². The molecule has 2 aromatic rings. The highest BCUT2D eigenvalue weighted by Gasteiger charge is 2.07. The first-order valence-electron chi connectivity index (χ1n) is 7.06. The maximum Gasteiger partial charge on any atom is 0.237 e. The molecule has 1 N–H and O–H groups in total. The van der Waals surface area contributed by atoms with Gasteiger partial charge in [0.05, 0.1) is 0 Å². The largest absolute Gasteiger partial charge is 0.325 e. The minimum Gasteiger partial charge on any atom is -0.325 e. The fourth-order valence-electron chi connectivity index (χ4n) is 1.89. The number of carbonyl (C=O) groups excluding carboxylic acids is 1. The average Bonchev–Trinajstić information content (AvgIpc) is 2.50. The van der Waals surface area contributed by atoms with E-state index < -0.39 is 10.8 Å². The number of carbonyl (C=O) groups is 1. The highest BCUT2D eigenvalue weighted by Crippen LogP contribution is 2.08. The van der Waals surface area contributed by atoms with E-state index in [-0.39, 0.29) is 11.7 Å². The number of hydrogen-bond donors (Lipinski definition) is 1. The topological polar surface area (TPSA) is 46.2 Å². The fourth-order valence-corrected chi connectivity index (χ4v) is 2.69. The molecule has 0 aliphatic rings. The van der Waals surface area contributed by atoms with Gasteiger partial charge in [-0.15, -0.1) is 0 Å². The predicted molar refractivity (Wildman–Crippen MR) is 93.2 cm³/mol. The van der Waals surface area contributed by atoms with Crippen LogP contribution < -0.4 is 5.32 Å². The third-order valence-electron chi connectivity index (χ3n) is 3.02. The molecule has 22 heavy (non-hydrogen) atoms. The molecule has 0 bridgehead atoms. The van der Waals surface area contributed by atoms with Crippen LogP contribution in [-0.2, 0) is 15.6 Å². The van der Waals surface area contributed by atoms with E-state index in [0.717, 1.165) is 16.8 Å². The quantitative estimate of drug-likeness (QED) is 0.888. The van der Waals surface area contributed by atoms with E-state index in [1.54, 1.807) is 0 Å². The SMILES string of the molecule is Cc1ccc(NC(=O)C[S@](=O)C/C=C/c2ccccc2)cc1. The fraction of sp³-hybridized carbons (Fsp3) is 0.167. The maximum absolute atomic E-state index is 11.9. The minimum absolute atomic E-state index is 0.00695. The summed E-state index contributed by atoms with van der Waals surface area (Å²) in [5.41, 5.74) is 2.92. The van der Waals surface area contributed by atoms with Crippen molar-refractivity contribution in [1.29, 1.82) is 0 Å². The van der Waals surface area contributed by atoms with Crippen molar-refractivity contribution in [3.05, 3.63) is 71.8 Å². The second-order valence-corrected chi connectivity index (χ2v) is 6.48. The zero-order chi connectivity index (χ0) is 15.8. The van der Waals surface area contributed by atoms with Crippen molar-refractivity contribution in [1.82, 2.24) is 0 Å². The molecule has 0 unspecified atom stereocenters. The summed E-state index contributed by atoms with van der Waals surface area (Å²) >= 11 is 0. The van der Waals surface area contributed by atoms with Crippen LogP contribution in [0.2, 0.25) is 0 Å². The number of anilines is 1. The summed E-state index contributed by atoms with van der Waals surface area (Å²) in [5.74, 6) is 0.152. The summed E-state index contributed by atoms with van der Waals surface area (Å²) in [4.78, 5) is 11.8. The number of rotatable bonds is 6. The molecule has 114 valence electrons. The van der Waals surface area contributed by atoms with Crippen LogP contribution in [0.3, 0.4) is 0 Å². The summed E-state index contributed by atoms with van der Waals surface area (Å²) in [6.07, 6.45) is 3.75. The van der Waals surface area contributed by atoms with Crippen LogP contribution in [0.1, 0.15) is 11.1 Å². The van der Waals surface area contributed by atoms with E-state index in [0.29, 0.717) is 5.75 Å². The summed E-state index contributed by atoms with van der Waals surface area (Å²) in [6.45, 7) is 1.99. The first-order chi connectivity index (χ1) is 10.6. The lowest BCUT2D eigenvalue weighted by molar-refractivity contribution is -0.113. The van der Waals surface area contributed by atoms with Gasteiger partial charge in [0.2, 0.25) is 5.91 Å². The van der Waals surface area contributed by atoms with Crippen LogP contribution in [0.15, 0.2) is 60.7 Å². The summed E-state index contributed by atoms with van der Waals surface area (Å²) < 4.78 is 11.9. The Morgan fingerprint density at radius 1 is 1.09 bits per heavy atom. The van der Waals surface area contributed by atoms with Gasteiger partial charge in [-0.05, 0) is 24.6 Å². The first-order valence-corrected chi connectivity index (χ1v) is 8.55. The molecule has 0 saturated carbocycles. The number of nitrogens with one attached hydrogen (secondary N) is 1. The van der Waals surface area contributed by atoms with Gasteiger partial charge in [-0.3, -0.25) is 9.00 Å². The van der Waals surface area contributed by atoms with Crippen molar-refractivity contribution in [3.8, 4) is 0 Å². The molecule has 0 fully saturated rings. The lowest BCUT2D eigenvalue weighted by Gasteiger charge is -2.04. The zero-order valence-corrected chi connectivity index (χ0v) is 13.3. The summed E-state index contributed by atoms with van der Waals surface area (Å²) in [7, 11) is -1.20. The van der Waals surface area contributed by atoms with Crippen LogP contribution in [0.5, 0.6) is 0 Å². The van der Waals surface area contributed by atoms with Crippen molar-refractivity contribution in [2.75, 3.05) is 16.8 Å². The Hall–Kier alpha value is -2.20. The van der Waals surface area contributed by atoms with Crippen molar-refractivity contribution >= 4 is 28.5 Å². The average molecular weight is 313 g/mol. The van der Waals surface area contributed by atoms with E-state index >= 15 is 0 Å². The van der Waals surface area contributed by atoms with E-state index in [1.807, 2.05) is 73.7 Å². The normalized spacial score (nSPS) is 12.2. The summed E-state index contributed by atoms with van der Waals surface area (Å²) in [6, 6.07) is 17.3. The lowest BCUT2D eigenvalue weighted by atomic mass is 10.2. The smallest absolute Gasteiger partial charge is 0.237 e. The second kappa shape index (κ2) is 8.29. The van der Waals surface area contributed by atoms with Gasteiger partial charge in [0, 0.05) is 22.2 Å². The second-order valence-electron chi connectivity index (χ2n) is 4.98. The van der Waals surface area contributed by atoms with Crippen LogP contribution in [0, 0.1) is 6.92 Å². The molecule has 0 aliphatic carbocycles. The van der Waals surface area contributed by atoms with Gasteiger partial charge < -0.3 is 5.32 Å². The number of amides is 1. The predicted octanol–water partition coefficient (Wildman–Crippen LogP) is 3.40. The molecule has 0 aliphatic heterocycles. The zero-order valence-electron chi connectivity index (χ0n) is 12.5. The first kappa shape index (κ1) is 16.2. The molecule has 1 atom stereocenters. The van der Waals surface area contributed by atoms with Crippen molar-refractivity contribution < 1.29 is 9.00 Å². The van der Waals surface area contributed by atoms with Crippen molar-refractivity contribution in [3.63, 3.8) is 0 Å². The van der Waals surface area contributed by atoms with Gasteiger partial charge in [0.15, 0.2) is 0 Å². The Morgan fingerprint density at radius 2 is 1.77 bits per heavy atom. The molecule has 0 aromatic heterocycles. The van der Waals surface area contributed by atoms with Gasteiger partial charge >= 0.3 is 0 Å². The molecule has 0 spiro atoms. The van der Waals surface area contributed by atoms with E-state index in [4.69, 9.17) is 0 Å². The Balaban J connectivity index is 1.78. The maximum atomic E-state index is 11.9. The molecule has 2 rings (SSSR count). The van der Waals surface area contributed by atoms with Crippen LogP contribution in [-0.4, -0.2) is 21.6 Å². The standard InChI is InChI=1S/C18H19NO2S/c1-15-9-11-17(12-10-15)19-18(20)14-22(21)13-5-8-16-6-3-2-4-7-16/h2-12H,13-14H2,1H3,(H,19,20)/b8-5+/t22-/m1/s1. The van der Waals surface area contributed by atoms with Crippen LogP contribution in [0.25, 0.3) is 6.08 Å². The van der Waals surface area contributed by atoms with Gasteiger partial charge in [-0.25, -0.2) is 0 Å². The third-order valence-corrected chi connectivity index (χ3v) is 4.17. The molecule has 1 amide bonds. The lowest BCUT2D eigenvalue weighted by Crippen LogP contribution is -2.20. The van der Waals surface area contributed by atoms with Crippen LogP contribution >= 0.6 is 0 Å². The molecule has 3 nitrogen and oxygen atoms in total. The van der Waals surface area contributed by atoms with Crippen molar-refractivity contribution in [2.45, 2.75) is 6.92 Å². The molecule has 0 radical (unpaired) electrons. The Kier molecular flexibility index (Phi) is 6.10. The highest BCUT2D eigenvalue weighted by molar-refractivity contribution is 7.85. The molecule has 2 aromatic carbocycles. The van der Waals surface area contributed by atoms with Gasteiger partial charge in [-0.1, -0.05) is 60.2 Å². The van der Waals surface area contributed by atoms with Gasteiger partial charge in [0.25, 0.3) is 0 Å².